The Labute approximate surface area is 131 Å². The largest absolute Gasteiger partial charge is 0.345 e. The second kappa shape index (κ2) is 6.10. The number of piperazine rings is 1. The van der Waals surface area contributed by atoms with Gasteiger partial charge in [-0.25, -0.2) is 4.98 Å². The quantitative estimate of drug-likeness (QED) is 0.639. The molecule has 1 aliphatic heterocycles. The van der Waals surface area contributed by atoms with Gasteiger partial charge in [-0.3, -0.25) is 14.9 Å². The standard InChI is InChI=1S/C14H14N4O3S/c19-13(11-2-1-3-12(10-11)18(20)21)16-5-7-17(8-6-16)14-15-4-9-22-14/h1-4,9-10H,5-8H2. The minimum atomic E-state index is -0.489. The van der Waals surface area contributed by atoms with Crippen LogP contribution >= 0.6 is 11.3 Å². The second-order valence-electron chi connectivity index (χ2n) is 4.90. The zero-order chi connectivity index (χ0) is 15.5. The number of carbonyl (C=O) groups excluding carboxylic acids is 1. The zero-order valence-electron chi connectivity index (χ0n) is 11.7. The minimum Gasteiger partial charge on any atom is -0.345 e. The summed E-state index contributed by atoms with van der Waals surface area (Å²) in [6, 6.07) is 5.87. The Morgan fingerprint density at radius 3 is 2.68 bits per heavy atom. The summed E-state index contributed by atoms with van der Waals surface area (Å²) < 4.78 is 0. The topological polar surface area (TPSA) is 79.6 Å². The Morgan fingerprint density at radius 1 is 1.27 bits per heavy atom. The van der Waals surface area contributed by atoms with E-state index in [-0.39, 0.29) is 11.6 Å². The number of nitrogens with zero attached hydrogens (tertiary/aromatic N) is 4. The Kier molecular flexibility index (Phi) is 4.01. The van der Waals surface area contributed by atoms with Gasteiger partial charge in [-0.15, -0.1) is 11.3 Å². The van der Waals surface area contributed by atoms with Crippen LogP contribution < -0.4 is 4.90 Å². The maximum atomic E-state index is 12.4. The Morgan fingerprint density at radius 2 is 2.05 bits per heavy atom. The molecule has 1 aromatic heterocycles. The normalized spacial score (nSPS) is 14.9. The number of non-ortho nitro benzene ring substituents is 1. The summed E-state index contributed by atoms with van der Waals surface area (Å²) in [5.74, 6) is -0.164. The predicted octanol–water partition coefficient (Wildman–Crippen LogP) is 2.01. The molecule has 0 saturated carbocycles. The van der Waals surface area contributed by atoms with E-state index < -0.39 is 4.92 Å². The van der Waals surface area contributed by atoms with E-state index in [4.69, 9.17) is 0 Å². The number of amides is 1. The number of nitro benzene ring substituents is 1. The lowest BCUT2D eigenvalue weighted by Crippen LogP contribution is -2.48. The maximum absolute atomic E-state index is 12.4. The van der Waals surface area contributed by atoms with Crippen LogP contribution in [-0.2, 0) is 0 Å². The Bertz CT molecular complexity index is 681. The monoisotopic (exact) mass is 318 g/mol. The summed E-state index contributed by atoms with van der Waals surface area (Å²) in [5.41, 5.74) is 0.296. The van der Waals surface area contributed by atoms with Crippen molar-refractivity contribution >= 4 is 28.1 Å². The van der Waals surface area contributed by atoms with E-state index in [2.05, 4.69) is 9.88 Å². The summed E-state index contributed by atoms with van der Waals surface area (Å²) in [7, 11) is 0. The first-order valence-electron chi connectivity index (χ1n) is 6.83. The van der Waals surface area contributed by atoms with Crippen molar-refractivity contribution in [1.82, 2.24) is 9.88 Å². The highest BCUT2D eigenvalue weighted by Gasteiger charge is 2.24. The van der Waals surface area contributed by atoms with E-state index in [1.54, 1.807) is 28.5 Å². The maximum Gasteiger partial charge on any atom is 0.270 e. The molecule has 0 atom stereocenters. The number of anilines is 1. The number of carbonyl (C=O) groups is 1. The molecule has 3 rings (SSSR count). The molecule has 7 nitrogen and oxygen atoms in total. The first kappa shape index (κ1) is 14.5. The van der Waals surface area contributed by atoms with Gasteiger partial charge in [-0.2, -0.15) is 0 Å². The molecule has 0 bridgehead atoms. The molecule has 22 heavy (non-hydrogen) atoms. The van der Waals surface area contributed by atoms with Gasteiger partial charge in [0.1, 0.15) is 0 Å². The average molecular weight is 318 g/mol. The molecule has 0 N–H and O–H groups in total. The molecule has 1 aliphatic rings. The highest BCUT2D eigenvalue weighted by molar-refractivity contribution is 7.13. The lowest BCUT2D eigenvalue weighted by Gasteiger charge is -2.34. The predicted molar refractivity (Wildman–Crippen MR) is 83.3 cm³/mol. The zero-order valence-corrected chi connectivity index (χ0v) is 12.5. The molecule has 1 fully saturated rings. The van der Waals surface area contributed by atoms with Crippen molar-refractivity contribution in [3.8, 4) is 0 Å². The summed E-state index contributed by atoms with van der Waals surface area (Å²) in [6.45, 7) is 2.60. The fourth-order valence-electron chi connectivity index (χ4n) is 2.41. The lowest BCUT2D eigenvalue weighted by molar-refractivity contribution is -0.384. The third-order valence-corrected chi connectivity index (χ3v) is 4.39. The first-order chi connectivity index (χ1) is 10.6. The van der Waals surface area contributed by atoms with Gasteiger partial charge in [0.05, 0.1) is 4.92 Å². The van der Waals surface area contributed by atoms with Gasteiger partial charge in [0.25, 0.3) is 11.6 Å². The molecule has 114 valence electrons. The van der Waals surface area contributed by atoms with Gasteiger partial charge in [0, 0.05) is 55.5 Å². The molecule has 2 heterocycles. The van der Waals surface area contributed by atoms with Crippen LogP contribution in [0.3, 0.4) is 0 Å². The summed E-state index contributed by atoms with van der Waals surface area (Å²) >= 11 is 1.58. The van der Waals surface area contributed by atoms with Crippen LogP contribution in [0.1, 0.15) is 10.4 Å². The van der Waals surface area contributed by atoms with Crippen molar-refractivity contribution in [2.75, 3.05) is 31.1 Å². The molecule has 0 aliphatic carbocycles. The molecular weight excluding hydrogens is 304 g/mol. The first-order valence-corrected chi connectivity index (χ1v) is 7.71. The molecule has 8 heteroatoms. The van der Waals surface area contributed by atoms with Crippen LogP contribution in [0.4, 0.5) is 10.8 Å². The highest BCUT2D eigenvalue weighted by atomic mass is 32.1. The van der Waals surface area contributed by atoms with Crippen molar-refractivity contribution in [3.63, 3.8) is 0 Å². The van der Waals surface area contributed by atoms with Gasteiger partial charge < -0.3 is 9.80 Å². The van der Waals surface area contributed by atoms with E-state index in [1.165, 1.54) is 18.2 Å². The van der Waals surface area contributed by atoms with Crippen LogP contribution in [-0.4, -0.2) is 46.9 Å². The minimum absolute atomic E-state index is 0.0627. The third-order valence-electron chi connectivity index (χ3n) is 3.56. The van der Waals surface area contributed by atoms with Crippen molar-refractivity contribution in [1.29, 1.82) is 0 Å². The molecular formula is C14H14N4O3S. The number of aromatic nitrogens is 1. The molecule has 0 radical (unpaired) electrons. The van der Waals surface area contributed by atoms with Gasteiger partial charge in [-0.1, -0.05) is 6.07 Å². The summed E-state index contributed by atoms with van der Waals surface area (Å²) in [4.78, 5) is 30.9. The second-order valence-corrected chi connectivity index (χ2v) is 5.77. The van der Waals surface area contributed by atoms with Gasteiger partial charge in [-0.05, 0) is 6.07 Å². The van der Waals surface area contributed by atoms with E-state index >= 15 is 0 Å². The summed E-state index contributed by atoms with van der Waals surface area (Å²) in [6.07, 6.45) is 1.76. The number of hydrogen-bond acceptors (Lipinski definition) is 6. The Balaban J connectivity index is 1.67. The molecule has 2 aromatic rings. The van der Waals surface area contributed by atoms with E-state index in [0.717, 1.165) is 5.13 Å². The number of rotatable bonds is 3. The molecule has 1 amide bonds. The fraction of sp³-hybridized carbons (Fsp3) is 0.286. The third kappa shape index (κ3) is 2.91. The molecule has 0 spiro atoms. The van der Waals surface area contributed by atoms with Gasteiger partial charge in [0.15, 0.2) is 5.13 Å². The van der Waals surface area contributed by atoms with Crippen molar-refractivity contribution in [3.05, 3.63) is 51.5 Å². The van der Waals surface area contributed by atoms with Crippen LogP contribution in [0.25, 0.3) is 0 Å². The highest BCUT2D eigenvalue weighted by Crippen LogP contribution is 2.20. The van der Waals surface area contributed by atoms with Crippen molar-refractivity contribution < 1.29 is 9.72 Å². The van der Waals surface area contributed by atoms with Crippen molar-refractivity contribution in [2.45, 2.75) is 0 Å². The number of nitro groups is 1. The fourth-order valence-corrected chi connectivity index (χ4v) is 3.10. The van der Waals surface area contributed by atoms with Crippen LogP contribution in [0, 0.1) is 10.1 Å². The van der Waals surface area contributed by atoms with Crippen LogP contribution in [0.15, 0.2) is 35.8 Å². The molecule has 1 aromatic carbocycles. The van der Waals surface area contributed by atoms with Gasteiger partial charge in [0.2, 0.25) is 0 Å². The summed E-state index contributed by atoms with van der Waals surface area (Å²) in [5, 5.41) is 13.7. The van der Waals surface area contributed by atoms with E-state index in [1.807, 2.05) is 5.38 Å². The van der Waals surface area contributed by atoms with Crippen LogP contribution in [0.5, 0.6) is 0 Å². The Hall–Kier alpha value is -2.48. The van der Waals surface area contributed by atoms with Gasteiger partial charge >= 0.3 is 0 Å². The lowest BCUT2D eigenvalue weighted by atomic mass is 10.1. The number of benzene rings is 1. The number of thiazole rings is 1. The van der Waals surface area contributed by atoms with E-state index in [9.17, 15) is 14.9 Å². The SMILES string of the molecule is O=C(c1cccc([N+](=O)[O-])c1)N1CCN(c2nccs2)CC1. The van der Waals surface area contributed by atoms with Crippen molar-refractivity contribution in [2.24, 2.45) is 0 Å². The molecule has 0 unspecified atom stereocenters. The van der Waals surface area contributed by atoms with E-state index in [0.29, 0.717) is 31.7 Å². The van der Waals surface area contributed by atoms with Crippen LogP contribution in [0.2, 0.25) is 0 Å². The molecule has 1 saturated heterocycles. The smallest absolute Gasteiger partial charge is 0.270 e. The average Bonchev–Trinajstić information content (AvgIpc) is 3.09. The number of hydrogen-bond donors (Lipinski definition) is 0.